The Morgan fingerprint density at radius 1 is 0.923 bits per heavy atom. The maximum absolute atomic E-state index is 13.5. The van der Waals surface area contributed by atoms with Crippen LogP contribution in [-0.4, -0.2) is 25.0 Å². The van der Waals surface area contributed by atoms with E-state index < -0.39 is 41.4 Å². The van der Waals surface area contributed by atoms with Crippen LogP contribution in [0.2, 0.25) is 0 Å². The van der Waals surface area contributed by atoms with Gasteiger partial charge in [0.2, 0.25) is 0 Å². The molecule has 0 unspecified atom stereocenters. The summed E-state index contributed by atoms with van der Waals surface area (Å²) in [7, 11) is 0. The molecule has 1 N–H and O–H groups in total. The molecule has 4 nitrogen and oxygen atoms in total. The van der Waals surface area contributed by atoms with Crippen LogP contribution in [0.5, 0.6) is 0 Å². The molecule has 0 aromatic heterocycles. The van der Waals surface area contributed by atoms with Crippen LogP contribution >= 0.6 is 0 Å². The normalized spacial score (nSPS) is 10.6. The Morgan fingerprint density at radius 3 is 2.19 bits per heavy atom. The number of carbonyl (C=O) groups excluding carboxylic acids is 2. The third kappa shape index (κ3) is 7.89. The van der Waals surface area contributed by atoms with Gasteiger partial charge in [0.05, 0.1) is 12.2 Å². The lowest BCUT2D eigenvalue weighted by atomic mass is 10.1. The van der Waals surface area contributed by atoms with Gasteiger partial charge in [-0.05, 0) is 18.6 Å². The van der Waals surface area contributed by atoms with Gasteiger partial charge in [0.25, 0.3) is 5.91 Å². The van der Waals surface area contributed by atoms with Gasteiger partial charge in [-0.15, -0.1) is 0 Å². The van der Waals surface area contributed by atoms with E-state index in [4.69, 9.17) is 4.74 Å². The Kier molecular flexibility index (Phi) is 10.4. The number of carbonyl (C=O) groups is 2. The van der Waals surface area contributed by atoms with Crippen molar-refractivity contribution in [2.24, 2.45) is 0 Å². The molecule has 0 atom stereocenters. The molecule has 1 aromatic carbocycles. The van der Waals surface area contributed by atoms with Crippen molar-refractivity contribution >= 4 is 11.9 Å². The molecule has 0 heterocycles. The zero-order chi connectivity index (χ0) is 19.4. The highest BCUT2D eigenvalue weighted by Gasteiger charge is 2.19. The Morgan fingerprint density at radius 2 is 1.54 bits per heavy atom. The number of esters is 1. The summed E-state index contributed by atoms with van der Waals surface area (Å²) in [6.07, 6.45) is 8.92. The summed E-state index contributed by atoms with van der Waals surface area (Å²) in [5, 5.41) is 2.12. The van der Waals surface area contributed by atoms with Crippen LogP contribution in [0.4, 0.5) is 13.2 Å². The fourth-order valence-corrected chi connectivity index (χ4v) is 2.42. The molecule has 0 bridgehead atoms. The van der Waals surface area contributed by atoms with Gasteiger partial charge in [0.15, 0.2) is 17.5 Å². The molecule has 0 spiro atoms. The van der Waals surface area contributed by atoms with Crippen LogP contribution in [0.1, 0.15) is 68.6 Å². The lowest BCUT2D eigenvalue weighted by Crippen LogP contribution is -2.31. The third-order valence-electron chi connectivity index (χ3n) is 3.93. The maximum atomic E-state index is 13.5. The quantitative estimate of drug-likeness (QED) is 0.333. The van der Waals surface area contributed by atoms with E-state index in [2.05, 4.69) is 12.2 Å². The number of ether oxygens (including phenoxy) is 1. The number of halogens is 3. The smallest absolute Gasteiger partial charge is 0.325 e. The maximum Gasteiger partial charge on any atom is 0.325 e. The zero-order valence-corrected chi connectivity index (χ0v) is 15.1. The van der Waals surface area contributed by atoms with Gasteiger partial charge >= 0.3 is 5.97 Å². The summed E-state index contributed by atoms with van der Waals surface area (Å²) >= 11 is 0. The highest BCUT2D eigenvalue weighted by atomic mass is 19.2. The molecule has 0 aliphatic carbocycles. The first-order chi connectivity index (χ1) is 12.5. The standard InChI is InChI=1S/C19H26F3NO3/c1-2-3-4-5-6-7-8-9-12-26-16(24)13-23-19(25)14-10-11-15(20)18(22)17(14)21/h10-11H,2-9,12-13H2,1H3,(H,23,25). The van der Waals surface area contributed by atoms with Gasteiger partial charge in [-0.2, -0.15) is 0 Å². The number of unbranched alkanes of at least 4 members (excludes halogenated alkanes) is 7. The highest BCUT2D eigenvalue weighted by Crippen LogP contribution is 2.15. The van der Waals surface area contributed by atoms with Crippen molar-refractivity contribution in [1.29, 1.82) is 0 Å². The van der Waals surface area contributed by atoms with Crippen LogP contribution in [0.3, 0.4) is 0 Å². The van der Waals surface area contributed by atoms with Crippen molar-refractivity contribution < 1.29 is 27.5 Å². The van der Waals surface area contributed by atoms with Crippen molar-refractivity contribution in [2.75, 3.05) is 13.2 Å². The van der Waals surface area contributed by atoms with E-state index in [-0.39, 0.29) is 6.61 Å². The van der Waals surface area contributed by atoms with Crippen LogP contribution < -0.4 is 5.32 Å². The van der Waals surface area contributed by atoms with Gasteiger partial charge in [-0.25, -0.2) is 13.2 Å². The summed E-state index contributed by atoms with van der Waals surface area (Å²) in [6, 6.07) is 1.46. The van der Waals surface area contributed by atoms with Crippen molar-refractivity contribution in [1.82, 2.24) is 5.32 Å². The molecule has 0 fully saturated rings. The van der Waals surface area contributed by atoms with E-state index in [0.717, 1.165) is 25.3 Å². The molecular weight excluding hydrogens is 347 g/mol. The molecule has 0 saturated carbocycles. The molecule has 146 valence electrons. The first-order valence-electron chi connectivity index (χ1n) is 9.04. The number of hydrogen-bond acceptors (Lipinski definition) is 3. The second kappa shape index (κ2) is 12.3. The summed E-state index contributed by atoms with van der Waals surface area (Å²) in [6.45, 7) is 1.96. The molecule has 0 radical (unpaired) electrons. The van der Waals surface area contributed by atoms with Crippen molar-refractivity contribution in [3.63, 3.8) is 0 Å². The third-order valence-corrected chi connectivity index (χ3v) is 3.93. The number of nitrogens with one attached hydrogen (secondary N) is 1. The Labute approximate surface area is 152 Å². The van der Waals surface area contributed by atoms with Crippen molar-refractivity contribution in [2.45, 2.75) is 58.3 Å². The van der Waals surface area contributed by atoms with Gasteiger partial charge < -0.3 is 10.1 Å². The molecule has 0 saturated heterocycles. The minimum Gasteiger partial charge on any atom is -0.464 e. The molecule has 7 heteroatoms. The number of rotatable bonds is 12. The average Bonchev–Trinajstić information content (AvgIpc) is 2.63. The number of hydrogen-bond donors (Lipinski definition) is 1. The second-order valence-corrected chi connectivity index (χ2v) is 6.10. The van der Waals surface area contributed by atoms with E-state index >= 15 is 0 Å². The van der Waals surface area contributed by atoms with Crippen LogP contribution in [0.15, 0.2) is 12.1 Å². The predicted octanol–water partition coefficient (Wildman–Crippen LogP) is 4.52. The van der Waals surface area contributed by atoms with Gasteiger partial charge in [0.1, 0.15) is 6.54 Å². The average molecular weight is 373 g/mol. The monoisotopic (exact) mass is 373 g/mol. The van der Waals surface area contributed by atoms with Crippen LogP contribution in [-0.2, 0) is 9.53 Å². The Bertz CT molecular complexity index is 594. The summed E-state index contributed by atoms with van der Waals surface area (Å²) < 4.78 is 44.3. The number of amides is 1. The fraction of sp³-hybridized carbons (Fsp3) is 0.579. The molecular formula is C19H26F3NO3. The number of benzene rings is 1. The van der Waals surface area contributed by atoms with E-state index in [1.807, 2.05) is 0 Å². The first-order valence-corrected chi connectivity index (χ1v) is 9.04. The first kappa shape index (κ1) is 22.0. The van der Waals surface area contributed by atoms with E-state index in [9.17, 15) is 22.8 Å². The topological polar surface area (TPSA) is 55.4 Å². The molecule has 1 rings (SSSR count). The summed E-state index contributed by atoms with van der Waals surface area (Å²) in [4.78, 5) is 23.2. The van der Waals surface area contributed by atoms with E-state index in [0.29, 0.717) is 6.07 Å². The highest BCUT2D eigenvalue weighted by molar-refractivity contribution is 5.96. The second-order valence-electron chi connectivity index (χ2n) is 6.10. The minimum absolute atomic E-state index is 0.253. The van der Waals surface area contributed by atoms with Crippen LogP contribution in [0.25, 0.3) is 0 Å². The van der Waals surface area contributed by atoms with Gasteiger partial charge in [-0.3, -0.25) is 9.59 Å². The van der Waals surface area contributed by atoms with Crippen molar-refractivity contribution in [3.8, 4) is 0 Å². The Hall–Kier alpha value is -2.05. The minimum atomic E-state index is -1.73. The van der Waals surface area contributed by atoms with Crippen LogP contribution in [0, 0.1) is 17.5 Å². The van der Waals surface area contributed by atoms with E-state index in [1.54, 1.807) is 0 Å². The van der Waals surface area contributed by atoms with E-state index in [1.165, 1.54) is 32.1 Å². The zero-order valence-electron chi connectivity index (χ0n) is 15.1. The molecule has 1 amide bonds. The predicted molar refractivity (Wildman–Crippen MR) is 92.2 cm³/mol. The fourth-order valence-electron chi connectivity index (χ4n) is 2.42. The Balaban J connectivity index is 2.17. The SMILES string of the molecule is CCCCCCCCCCOC(=O)CNC(=O)c1ccc(F)c(F)c1F. The molecule has 0 aliphatic rings. The lowest BCUT2D eigenvalue weighted by molar-refractivity contribution is -0.142. The summed E-state index contributed by atoms with van der Waals surface area (Å²) in [5.41, 5.74) is -0.667. The van der Waals surface area contributed by atoms with Crippen molar-refractivity contribution in [3.05, 3.63) is 35.1 Å². The molecule has 0 aliphatic heterocycles. The molecule has 1 aromatic rings. The summed E-state index contributed by atoms with van der Waals surface area (Å²) in [5.74, 6) is -6.37. The molecule has 26 heavy (non-hydrogen) atoms. The lowest BCUT2D eigenvalue weighted by Gasteiger charge is -2.08. The van der Waals surface area contributed by atoms with Gasteiger partial charge in [-0.1, -0.05) is 51.9 Å². The largest absolute Gasteiger partial charge is 0.464 e. The van der Waals surface area contributed by atoms with Gasteiger partial charge in [0, 0.05) is 0 Å².